The highest BCUT2D eigenvalue weighted by Gasteiger charge is 2.22. The van der Waals surface area contributed by atoms with Gasteiger partial charge in [-0.2, -0.15) is 5.26 Å². The van der Waals surface area contributed by atoms with Crippen LogP contribution in [-0.4, -0.2) is 23.0 Å². The molecule has 1 aromatic carbocycles. The quantitative estimate of drug-likeness (QED) is 0.518. The number of amides is 1. The van der Waals surface area contributed by atoms with Crippen molar-refractivity contribution in [1.29, 1.82) is 5.26 Å². The number of hydrogen-bond donors (Lipinski definition) is 3. The van der Waals surface area contributed by atoms with Gasteiger partial charge in [0.05, 0.1) is 0 Å². The van der Waals surface area contributed by atoms with Crippen LogP contribution in [0.25, 0.3) is 0 Å². The maximum Gasteiger partial charge on any atom is 0.326 e. The van der Waals surface area contributed by atoms with E-state index < -0.39 is 17.9 Å². The summed E-state index contributed by atoms with van der Waals surface area (Å²) >= 11 is 6.01. The molecule has 1 rings (SSSR count). The number of aliphatic carboxylic acids is 1. The smallest absolute Gasteiger partial charge is 0.326 e. The summed E-state index contributed by atoms with van der Waals surface area (Å²) < 4.78 is 0. The Morgan fingerprint density at radius 3 is 2.62 bits per heavy atom. The van der Waals surface area contributed by atoms with Crippen LogP contribution >= 0.6 is 11.6 Å². The molecule has 1 atom stereocenters. The second-order valence-electron chi connectivity index (χ2n) is 5.72. The number of hydrogen-bond acceptors (Lipinski definition) is 4. The third-order valence-corrected chi connectivity index (χ3v) is 3.72. The van der Waals surface area contributed by atoms with E-state index in [0.29, 0.717) is 10.7 Å². The van der Waals surface area contributed by atoms with Gasteiger partial charge in [0.2, 0.25) is 0 Å². The number of nitrogens with one attached hydrogen (secondary N) is 2. The van der Waals surface area contributed by atoms with E-state index in [1.165, 1.54) is 6.20 Å². The molecule has 0 saturated heterocycles. The molecule has 3 N–H and O–H groups in total. The fourth-order valence-corrected chi connectivity index (χ4v) is 2.17. The topological polar surface area (TPSA) is 102 Å². The van der Waals surface area contributed by atoms with E-state index in [0.717, 1.165) is 5.56 Å². The summed E-state index contributed by atoms with van der Waals surface area (Å²) in [5, 5.41) is 24.1. The zero-order chi connectivity index (χ0) is 18.3. The van der Waals surface area contributed by atoms with Crippen molar-refractivity contribution in [1.82, 2.24) is 5.32 Å². The van der Waals surface area contributed by atoms with E-state index in [1.807, 2.05) is 13.8 Å². The van der Waals surface area contributed by atoms with Gasteiger partial charge in [-0.1, -0.05) is 31.5 Å². The number of carbonyl (C=O) groups is 2. The van der Waals surface area contributed by atoms with Crippen molar-refractivity contribution in [2.24, 2.45) is 5.92 Å². The van der Waals surface area contributed by atoms with Crippen molar-refractivity contribution < 1.29 is 14.7 Å². The van der Waals surface area contributed by atoms with Crippen molar-refractivity contribution in [2.75, 3.05) is 5.32 Å². The van der Waals surface area contributed by atoms with Crippen LogP contribution in [0.5, 0.6) is 0 Å². The average Bonchev–Trinajstić information content (AvgIpc) is 2.50. The molecule has 0 aliphatic heterocycles. The fourth-order valence-electron chi connectivity index (χ4n) is 1.99. The molecular formula is C17H20ClN3O3. The van der Waals surface area contributed by atoms with E-state index in [1.54, 1.807) is 31.2 Å². The van der Waals surface area contributed by atoms with Gasteiger partial charge in [0.25, 0.3) is 5.91 Å². The normalized spacial score (nSPS) is 12.4. The molecule has 6 nitrogen and oxygen atoms in total. The molecule has 24 heavy (non-hydrogen) atoms. The van der Waals surface area contributed by atoms with E-state index >= 15 is 0 Å². The van der Waals surface area contributed by atoms with Gasteiger partial charge in [0, 0.05) is 16.9 Å². The lowest BCUT2D eigenvalue weighted by atomic mass is 10.0. The maximum absolute atomic E-state index is 12.1. The van der Waals surface area contributed by atoms with Crippen LogP contribution < -0.4 is 10.6 Å². The van der Waals surface area contributed by atoms with E-state index in [-0.39, 0.29) is 17.9 Å². The van der Waals surface area contributed by atoms with Crippen LogP contribution in [0.2, 0.25) is 5.02 Å². The minimum Gasteiger partial charge on any atom is -0.480 e. The Morgan fingerprint density at radius 1 is 1.42 bits per heavy atom. The summed E-state index contributed by atoms with van der Waals surface area (Å²) in [6.07, 6.45) is 1.52. The third kappa shape index (κ3) is 5.60. The number of carboxylic acids is 1. The molecule has 1 amide bonds. The highest BCUT2D eigenvalue weighted by Crippen LogP contribution is 2.23. The second kappa shape index (κ2) is 8.94. The molecular weight excluding hydrogens is 330 g/mol. The van der Waals surface area contributed by atoms with Gasteiger partial charge in [-0.15, -0.1) is 0 Å². The van der Waals surface area contributed by atoms with Crippen LogP contribution in [0, 0.1) is 24.2 Å². The number of halogens is 1. The molecule has 7 heteroatoms. The summed E-state index contributed by atoms with van der Waals surface area (Å²) in [6, 6.07) is 5.94. The Kier molecular flexibility index (Phi) is 7.28. The minimum absolute atomic E-state index is 0.0909. The van der Waals surface area contributed by atoms with Crippen molar-refractivity contribution in [3.05, 3.63) is 40.6 Å². The zero-order valence-corrected chi connectivity index (χ0v) is 14.5. The number of nitrogens with zero attached hydrogens (tertiary/aromatic N) is 1. The first kappa shape index (κ1) is 19.5. The number of nitriles is 1. The zero-order valence-electron chi connectivity index (χ0n) is 13.8. The summed E-state index contributed by atoms with van der Waals surface area (Å²) in [6.45, 7) is 5.51. The Bertz CT molecular complexity index is 693. The van der Waals surface area contributed by atoms with Crippen LogP contribution in [-0.2, 0) is 9.59 Å². The summed E-state index contributed by atoms with van der Waals surface area (Å²) in [4.78, 5) is 23.3. The first-order chi connectivity index (χ1) is 11.3. The van der Waals surface area contributed by atoms with Crippen molar-refractivity contribution >= 4 is 29.2 Å². The lowest BCUT2D eigenvalue weighted by molar-refractivity contribution is -0.141. The van der Waals surface area contributed by atoms with Gasteiger partial charge in [-0.25, -0.2) is 4.79 Å². The molecule has 0 heterocycles. The highest BCUT2D eigenvalue weighted by molar-refractivity contribution is 6.31. The van der Waals surface area contributed by atoms with Gasteiger partial charge in [0.15, 0.2) is 0 Å². The van der Waals surface area contributed by atoms with Crippen LogP contribution in [0.4, 0.5) is 5.69 Å². The Labute approximate surface area is 146 Å². The van der Waals surface area contributed by atoms with Crippen molar-refractivity contribution in [2.45, 2.75) is 33.2 Å². The number of carbonyl (C=O) groups excluding carboxylic acids is 1. The SMILES string of the molecule is Cc1c(Cl)cccc1N/C=C(/C#N)C(=O)NC(CC(C)C)C(=O)O. The van der Waals surface area contributed by atoms with Gasteiger partial charge in [-0.05, 0) is 37.0 Å². The maximum atomic E-state index is 12.1. The lowest BCUT2D eigenvalue weighted by Crippen LogP contribution is -2.42. The summed E-state index contributed by atoms with van der Waals surface area (Å²) in [5.74, 6) is -1.78. The molecule has 1 aromatic rings. The molecule has 0 spiro atoms. The van der Waals surface area contributed by atoms with E-state index in [9.17, 15) is 9.59 Å². The molecule has 0 aromatic heterocycles. The molecule has 128 valence electrons. The molecule has 0 aliphatic rings. The predicted octanol–water partition coefficient (Wildman–Crippen LogP) is 3.08. The third-order valence-electron chi connectivity index (χ3n) is 3.32. The number of rotatable bonds is 7. The number of benzene rings is 1. The monoisotopic (exact) mass is 349 g/mol. The average molecular weight is 350 g/mol. The van der Waals surface area contributed by atoms with Gasteiger partial charge in [-0.3, -0.25) is 4.79 Å². The molecule has 0 saturated carbocycles. The van der Waals surface area contributed by atoms with Crippen LogP contribution in [0.1, 0.15) is 25.8 Å². The summed E-state index contributed by atoms with van der Waals surface area (Å²) in [5.41, 5.74) is 1.21. The Hall–Kier alpha value is -2.52. The first-order valence-electron chi connectivity index (χ1n) is 7.41. The molecule has 0 bridgehead atoms. The first-order valence-corrected chi connectivity index (χ1v) is 7.79. The molecule has 0 fully saturated rings. The van der Waals surface area contributed by atoms with Crippen LogP contribution in [0.15, 0.2) is 30.0 Å². The highest BCUT2D eigenvalue weighted by atomic mass is 35.5. The standard InChI is InChI=1S/C17H20ClN3O3/c1-10(2)7-15(17(23)24)21-16(22)12(8-19)9-20-14-6-4-5-13(18)11(14)3/h4-6,9-10,15,20H,7H2,1-3H3,(H,21,22)(H,23,24)/b12-9-. The van der Waals surface area contributed by atoms with Gasteiger partial charge >= 0.3 is 5.97 Å². The Balaban J connectivity index is 2.88. The predicted molar refractivity (Wildman–Crippen MR) is 92.5 cm³/mol. The molecule has 0 radical (unpaired) electrons. The van der Waals surface area contributed by atoms with Crippen molar-refractivity contribution in [3.8, 4) is 6.07 Å². The van der Waals surface area contributed by atoms with E-state index in [4.69, 9.17) is 22.0 Å². The largest absolute Gasteiger partial charge is 0.480 e. The van der Waals surface area contributed by atoms with E-state index in [2.05, 4.69) is 10.6 Å². The lowest BCUT2D eigenvalue weighted by Gasteiger charge is -2.16. The molecule has 1 unspecified atom stereocenters. The molecule has 0 aliphatic carbocycles. The summed E-state index contributed by atoms with van der Waals surface area (Å²) in [7, 11) is 0. The van der Waals surface area contributed by atoms with Crippen LogP contribution in [0.3, 0.4) is 0 Å². The Morgan fingerprint density at radius 2 is 2.08 bits per heavy atom. The van der Waals surface area contributed by atoms with Crippen molar-refractivity contribution in [3.63, 3.8) is 0 Å². The van der Waals surface area contributed by atoms with Gasteiger partial charge < -0.3 is 15.7 Å². The minimum atomic E-state index is -1.13. The fraction of sp³-hybridized carbons (Fsp3) is 0.353. The van der Waals surface area contributed by atoms with Gasteiger partial charge in [0.1, 0.15) is 17.7 Å². The number of anilines is 1. The second-order valence-corrected chi connectivity index (χ2v) is 6.13. The number of carboxylic acid groups (broad SMARTS) is 1.